The minimum Gasteiger partial charge on any atom is -0.344 e. The molecule has 16 heavy (non-hydrogen) atoms. The van der Waals surface area contributed by atoms with Crippen molar-refractivity contribution in [1.82, 2.24) is 9.97 Å². The van der Waals surface area contributed by atoms with Crippen LogP contribution in [0.3, 0.4) is 0 Å². The molecule has 2 rings (SSSR count). The van der Waals surface area contributed by atoms with Gasteiger partial charge in [-0.05, 0) is 24.7 Å². The summed E-state index contributed by atoms with van der Waals surface area (Å²) in [5, 5.41) is 0. The summed E-state index contributed by atoms with van der Waals surface area (Å²) in [6.07, 6.45) is 3.32. The van der Waals surface area contributed by atoms with Gasteiger partial charge >= 0.3 is 0 Å². The van der Waals surface area contributed by atoms with Crippen molar-refractivity contribution >= 4 is 0 Å². The number of hydrogen-bond acceptors (Lipinski definition) is 2. The number of aromatic nitrogens is 2. The molecule has 0 aromatic carbocycles. The Labute approximate surface area is 97.8 Å². The first-order chi connectivity index (χ1) is 7.37. The lowest BCUT2D eigenvalue weighted by molar-refractivity contribution is 0.337. The molecule has 1 aromatic heterocycles. The smallest absolute Gasteiger partial charge is 0.123 e. The summed E-state index contributed by atoms with van der Waals surface area (Å²) < 4.78 is 0. The Hall–Kier alpha value is -0.830. The van der Waals surface area contributed by atoms with Crippen molar-refractivity contribution in [3.8, 4) is 0 Å². The summed E-state index contributed by atoms with van der Waals surface area (Å²) in [6, 6.07) is 0.0396. The van der Waals surface area contributed by atoms with E-state index >= 15 is 0 Å². The van der Waals surface area contributed by atoms with Crippen LogP contribution >= 0.6 is 0 Å². The lowest BCUT2D eigenvalue weighted by atomic mass is 9.88. The van der Waals surface area contributed by atoms with Crippen molar-refractivity contribution in [3.63, 3.8) is 0 Å². The molecule has 2 atom stereocenters. The molecule has 3 N–H and O–H groups in total. The number of imidazole rings is 1. The predicted molar refractivity (Wildman–Crippen MR) is 66.3 cm³/mol. The molecular weight excluding hydrogens is 198 g/mol. The first-order valence-corrected chi connectivity index (χ1v) is 6.21. The molecule has 1 aliphatic carbocycles. The number of fused-ring (bicyclic) bond motifs is 1. The van der Waals surface area contributed by atoms with Gasteiger partial charge in [-0.2, -0.15) is 0 Å². The number of H-pyrrole nitrogens is 1. The van der Waals surface area contributed by atoms with E-state index < -0.39 is 0 Å². The molecule has 1 heterocycles. The fraction of sp³-hybridized carbons (Fsp3) is 0.769. The Morgan fingerprint density at radius 3 is 2.75 bits per heavy atom. The summed E-state index contributed by atoms with van der Waals surface area (Å²) >= 11 is 0. The van der Waals surface area contributed by atoms with Gasteiger partial charge in [0.1, 0.15) is 5.82 Å². The topological polar surface area (TPSA) is 54.7 Å². The van der Waals surface area contributed by atoms with E-state index in [9.17, 15) is 0 Å². The Balaban J connectivity index is 2.14. The minimum absolute atomic E-state index is 0.0396. The summed E-state index contributed by atoms with van der Waals surface area (Å²) in [5.74, 6) is 1.58. The molecule has 1 aliphatic rings. The first kappa shape index (κ1) is 11.6. The van der Waals surface area contributed by atoms with Crippen LogP contribution in [0.2, 0.25) is 0 Å². The lowest BCUT2D eigenvalue weighted by Gasteiger charge is -2.21. The van der Waals surface area contributed by atoms with E-state index in [1.807, 2.05) is 0 Å². The van der Waals surface area contributed by atoms with E-state index in [4.69, 9.17) is 5.73 Å². The number of nitrogens with one attached hydrogen (secondary N) is 1. The zero-order valence-corrected chi connectivity index (χ0v) is 10.8. The van der Waals surface area contributed by atoms with Crippen LogP contribution in [-0.4, -0.2) is 9.97 Å². The zero-order valence-electron chi connectivity index (χ0n) is 10.8. The standard InChI is InChI=1S/C13H23N3/c1-8-5-6-10-11(8)16-12(15-10)9(14)7-13(2,3)4/h8-9H,5-7,14H2,1-4H3,(H,15,16). The second-order valence-electron chi connectivity index (χ2n) is 6.30. The molecule has 2 unspecified atom stereocenters. The fourth-order valence-corrected chi connectivity index (χ4v) is 2.47. The molecule has 0 amide bonds. The van der Waals surface area contributed by atoms with E-state index in [-0.39, 0.29) is 11.5 Å². The monoisotopic (exact) mass is 221 g/mol. The molecule has 0 radical (unpaired) electrons. The quantitative estimate of drug-likeness (QED) is 0.806. The third-order valence-corrected chi connectivity index (χ3v) is 3.31. The molecular formula is C13H23N3. The van der Waals surface area contributed by atoms with Crippen LogP contribution in [0, 0.1) is 5.41 Å². The van der Waals surface area contributed by atoms with Crippen LogP contribution in [-0.2, 0) is 6.42 Å². The van der Waals surface area contributed by atoms with Crippen molar-refractivity contribution in [2.75, 3.05) is 0 Å². The van der Waals surface area contributed by atoms with Crippen molar-refractivity contribution in [3.05, 3.63) is 17.2 Å². The highest BCUT2D eigenvalue weighted by molar-refractivity contribution is 5.25. The maximum atomic E-state index is 6.19. The van der Waals surface area contributed by atoms with Gasteiger partial charge in [0.25, 0.3) is 0 Å². The highest BCUT2D eigenvalue weighted by atomic mass is 15.0. The summed E-state index contributed by atoms with van der Waals surface area (Å²) in [6.45, 7) is 8.88. The van der Waals surface area contributed by atoms with Crippen molar-refractivity contribution in [2.45, 2.75) is 58.9 Å². The highest BCUT2D eigenvalue weighted by Crippen LogP contribution is 2.33. The normalized spacial score (nSPS) is 22.2. The summed E-state index contributed by atoms with van der Waals surface area (Å²) in [4.78, 5) is 8.09. The van der Waals surface area contributed by atoms with Gasteiger partial charge in [0.05, 0.1) is 11.7 Å². The van der Waals surface area contributed by atoms with Gasteiger partial charge in [-0.3, -0.25) is 0 Å². The molecule has 3 nitrogen and oxygen atoms in total. The molecule has 0 fully saturated rings. The first-order valence-electron chi connectivity index (χ1n) is 6.21. The maximum absolute atomic E-state index is 6.19. The van der Waals surface area contributed by atoms with Gasteiger partial charge in [-0.25, -0.2) is 4.98 Å². The van der Waals surface area contributed by atoms with Gasteiger partial charge < -0.3 is 10.7 Å². The van der Waals surface area contributed by atoms with Crippen LogP contribution < -0.4 is 5.73 Å². The zero-order chi connectivity index (χ0) is 11.9. The van der Waals surface area contributed by atoms with Crippen LogP contribution in [0.5, 0.6) is 0 Å². The van der Waals surface area contributed by atoms with E-state index in [0.717, 1.165) is 18.7 Å². The molecule has 0 spiro atoms. The van der Waals surface area contributed by atoms with Crippen LogP contribution in [0.15, 0.2) is 0 Å². The molecule has 1 aromatic rings. The Morgan fingerprint density at radius 2 is 2.19 bits per heavy atom. The van der Waals surface area contributed by atoms with Crippen LogP contribution in [0.4, 0.5) is 0 Å². The van der Waals surface area contributed by atoms with Crippen molar-refractivity contribution < 1.29 is 0 Å². The van der Waals surface area contributed by atoms with Gasteiger partial charge in [-0.15, -0.1) is 0 Å². The van der Waals surface area contributed by atoms with Gasteiger partial charge in [-0.1, -0.05) is 27.7 Å². The third kappa shape index (κ3) is 2.29. The third-order valence-electron chi connectivity index (χ3n) is 3.31. The second-order valence-corrected chi connectivity index (χ2v) is 6.30. The van der Waals surface area contributed by atoms with Crippen LogP contribution in [0.1, 0.15) is 69.7 Å². The fourth-order valence-electron chi connectivity index (χ4n) is 2.47. The van der Waals surface area contributed by atoms with Crippen molar-refractivity contribution in [2.24, 2.45) is 11.1 Å². The highest BCUT2D eigenvalue weighted by Gasteiger charge is 2.26. The number of hydrogen-bond donors (Lipinski definition) is 2. The molecule has 3 heteroatoms. The summed E-state index contributed by atoms with van der Waals surface area (Å²) in [5.41, 5.74) is 9.01. The van der Waals surface area contributed by atoms with E-state index in [1.165, 1.54) is 17.8 Å². The maximum Gasteiger partial charge on any atom is 0.123 e. The average molecular weight is 221 g/mol. The van der Waals surface area contributed by atoms with Gasteiger partial charge in [0.15, 0.2) is 0 Å². The lowest BCUT2D eigenvalue weighted by Crippen LogP contribution is -2.20. The van der Waals surface area contributed by atoms with Crippen LogP contribution in [0.25, 0.3) is 0 Å². The largest absolute Gasteiger partial charge is 0.344 e. The Kier molecular flexibility index (Phi) is 2.82. The van der Waals surface area contributed by atoms with E-state index in [0.29, 0.717) is 5.92 Å². The van der Waals surface area contributed by atoms with E-state index in [2.05, 4.69) is 37.7 Å². The predicted octanol–water partition coefficient (Wildman–Crippen LogP) is 2.90. The van der Waals surface area contributed by atoms with Gasteiger partial charge in [0, 0.05) is 11.6 Å². The number of nitrogens with zero attached hydrogens (tertiary/aromatic N) is 1. The van der Waals surface area contributed by atoms with Gasteiger partial charge in [0.2, 0.25) is 0 Å². The number of aromatic amines is 1. The molecule has 90 valence electrons. The minimum atomic E-state index is 0.0396. The molecule has 0 aliphatic heterocycles. The molecule has 0 bridgehead atoms. The summed E-state index contributed by atoms with van der Waals surface area (Å²) in [7, 11) is 0. The number of aryl methyl sites for hydroxylation is 1. The Bertz CT molecular complexity index is 373. The SMILES string of the molecule is CC1CCc2[nH]c(C(N)CC(C)(C)C)nc21. The van der Waals surface area contributed by atoms with E-state index in [1.54, 1.807) is 0 Å². The Morgan fingerprint density at radius 1 is 1.50 bits per heavy atom. The second kappa shape index (κ2) is 3.88. The van der Waals surface area contributed by atoms with Crippen molar-refractivity contribution in [1.29, 1.82) is 0 Å². The molecule has 0 saturated heterocycles. The molecule has 0 saturated carbocycles. The number of nitrogens with two attached hydrogens (primary N) is 1. The number of rotatable bonds is 2. The average Bonchev–Trinajstić information content (AvgIpc) is 2.65.